The van der Waals surface area contributed by atoms with Crippen molar-refractivity contribution in [3.8, 4) is 0 Å². The summed E-state index contributed by atoms with van der Waals surface area (Å²) in [5.41, 5.74) is 2.39. The van der Waals surface area contributed by atoms with Crippen LogP contribution in [0.5, 0.6) is 0 Å². The van der Waals surface area contributed by atoms with E-state index in [4.69, 9.17) is 0 Å². The molecule has 1 aromatic heterocycles. The number of anilines is 1. The van der Waals surface area contributed by atoms with Crippen molar-refractivity contribution in [2.24, 2.45) is 23.7 Å². The first-order chi connectivity index (χ1) is 13.5. The molecule has 2 aliphatic carbocycles. The number of nitrogens with one attached hydrogen (secondary N) is 1. The Morgan fingerprint density at radius 2 is 1.89 bits per heavy atom. The van der Waals surface area contributed by atoms with Gasteiger partial charge in [0.2, 0.25) is 17.7 Å². The van der Waals surface area contributed by atoms with Gasteiger partial charge in [-0.3, -0.25) is 19.3 Å². The molecule has 1 aromatic carbocycles. The zero-order valence-corrected chi connectivity index (χ0v) is 15.8. The minimum atomic E-state index is -0.839. The molecule has 1 saturated heterocycles. The van der Waals surface area contributed by atoms with E-state index >= 15 is 0 Å². The van der Waals surface area contributed by atoms with Gasteiger partial charge in [-0.15, -0.1) is 0 Å². The monoisotopic (exact) mass is 378 g/mol. The number of hydrogen-bond donors (Lipinski definition) is 1. The highest BCUT2D eigenvalue weighted by Crippen LogP contribution is 2.52. The third-order valence-corrected chi connectivity index (χ3v) is 6.50. The second kappa shape index (κ2) is 6.02. The van der Waals surface area contributed by atoms with Crippen LogP contribution >= 0.6 is 0 Å². The van der Waals surface area contributed by atoms with Gasteiger partial charge in [0, 0.05) is 12.2 Å². The number of rotatable bonds is 4. The number of nitrogens with zero attached hydrogens (tertiary/aromatic N) is 3. The predicted octanol–water partition coefficient (Wildman–Crippen LogP) is 2.19. The summed E-state index contributed by atoms with van der Waals surface area (Å²) < 4.78 is 2.02. The number of carbonyl (C=O) groups is 3. The summed E-state index contributed by atoms with van der Waals surface area (Å²) in [5, 5.41) is 2.83. The lowest BCUT2D eigenvalue weighted by atomic mass is 9.85. The number of amides is 3. The first-order valence-corrected chi connectivity index (χ1v) is 9.80. The first-order valence-electron chi connectivity index (χ1n) is 9.80. The van der Waals surface area contributed by atoms with Crippen LogP contribution < -0.4 is 5.32 Å². The smallest absolute Gasteiger partial charge is 0.247 e. The Morgan fingerprint density at radius 1 is 1.21 bits per heavy atom. The molecular weight excluding hydrogens is 356 g/mol. The van der Waals surface area contributed by atoms with E-state index in [1.54, 1.807) is 19.3 Å². The molecule has 0 radical (unpaired) electrons. The molecule has 2 aromatic rings. The van der Waals surface area contributed by atoms with Gasteiger partial charge in [-0.05, 0) is 50.3 Å². The zero-order chi connectivity index (χ0) is 19.6. The van der Waals surface area contributed by atoms with Crippen LogP contribution in [0, 0.1) is 23.7 Å². The lowest BCUT2D eigenvalue weighted by molar-refractivity contribution is -0.146. The summed E-state index contributed by atoms with van der Waals surface area (Å²) in [5.74, 6) is -1.06. The summed E-state index contributed by atoms with van der Waals surface area (Å²) in [6.45, 7) is 4.48. The number of aromatic nitrogens is 2. The number of likely N-dealkylation sites (tertiary alicyclic amines) is 1. The third kappa shape index (κ3) is 2.28. The molecule has 1 aliphatic heterocycles. The number of aryl methyl sites for hydroxylation is 1. The van der Waals surface area contributed by atoms with E-state index in [2.05, 4.69) is 22.5 Å². The van der Waals surface area contributed by atoms with E-state index in [1.165, 1.54) is 4.90 Å². The van der Waals surface area contributed by atoms with Crippen molar-refractivity contribution in [2.75, 3.05) is 5.32 Å². The van der Waals surface area contributed by atoms with E-state index < -0.39 is 6.04 Å². The highest BCUT2D eigenvalue weighted by molar-refractivity contribution is 6.10. The topological polar surface area (TPSA) is 84.3 Å². The molecule has 7 heteroatoms. The molecule has 2 bridgehead atoms. The van der Waals surface area contributed by atoms with Crippen LogP contribution in [0.15, 0.2) is 36.7 Å². The molecule has 2 heterocycles. The Bertz CT molecular complexity index is 1010. The van der Waals surface area contributed by atoms with Crippen LogP contribution in [0.2, 0.25) is 0 Å². The van der Waals surface area contributed by atoms with Gasteiger partial charge in [0.05, 0.1) is 29.2 Å². The van der Waals surface area contributed by atoms with E-state index in [1.807, 2.05) is 23.6 Å². The SMILES string of the molecule is CCn1cnc2cc(NC(=O)[C@H](C)N3C(=O)[C@@H]4[C@@H](C3=O)[C@H]3C=C[C@H]4C3)ccc21. The summed E-state index contributed by atoms with van der Waals surface area (Å²) in [4.78, 5) is 44.1. The van der Waals surface area contributed by atoms with Gasteiger partial charge in [0.1, 0.15) is 6.04 Å². The molecular formula is C21H22N4O3. The van der Waals surface area contributed by atoms with Crippen molar-refractivity contribution in [1.82, 2.24) is 14.5 Å². The summed E-state index contributed by atoms with van der Waals surface area (Å²) in [6.07, 6.45) is 6.75. The lowest BCUT2D eigenvalue weighted by Gasteiger charge is -2.23. The maximum atomic E-state index is 12.9. The minimum Gasteiger partial charge on any atom is -0.331 e. The van der Waals surface area contributed by atoms with Crippen LogP contribution in [0.25, 0.3) is 11.0 Å². The van der Waals surface area contributed by atoms with Crippen LogP contribution in [-0.4, -0.2) is 38.2 Å². The van der Waals surface area contributed by atoms with Crippen molar-refractivity contribution in [3.63, 3.8) is 0 Å². The summed E-state index contributed by atoms with van der Waals surface area (Å²) >= 11 is 0. The van der Waals surface area contributed by atoms with Gasteiger partial charge in [-0.1, -0.05) is 12.2 Å². The molecule has 3 amide bonds. The van der Waals surface area contributed by atoms with Crippen molar-refractivity contribution >= 4 is 34.4 Å². The lowest BCUT2D eigenvalue weighted by Crippen LogP contribution is -2.46. The number of allylic oxidation sites excluding steroid dienone is 2. The average molecular weight is 378 g/mol. The fraction of sp³-hybridized carbons (Fsp3) is 0.429. The van der Waals surface area contributed by atoms with Gasteiger partial charge < -0.3 is 9.88 Å². The van der Waals surface area contributed by atoms with E-state index in [-0.39, 0.29) is 41.4 Å². The number of carbonyl (C=O) groups excluding carboxylic acids is 3. The largest absolute Gasteiger partial charge is 0.331 e. The first kappa shape index (κ1) is 17.2. The molecule has 0 unspecified atom stereocenters. The summed E-state index contributed by atoms with van der Waals surface area (Å²) in [7, 11) is 0. The number of imide groups is 1. The normalized spacial score (nSPS) is 29.0. The molecule has 3 aliphatic rings. The standard InChI is InChI=1S/C21H22N4O3/c1-3-24-10-22-15-9-14(6-7-16(15)24)23-19(26)11(2)25-20(27)17-12-4-5-13(8-12)18(17)21(25)28/h4-7,9-13,17-18H,3,8H2,1-2H3,(H,23,26)/t11-,12-,13-,17-,18-/m0/s1. The Morgan fingerprint density at radius 3 is 2.54 bits per heavy atom. The Kier molecular flexibility index (Phi) is 3.69. The maximum absolute atomic E-state index is 12.9. The van der Waals surface area contributed by atoms with Crippen molar-refractivity contribution < 1.29 is 14.4 Å². The number of hydrogen-bond acceptors (Lipinski definition) is 4. The van der Waals surface area contributed by atoms with Crippen LogP contribution in [-0.2, 0) is 20.9 Å². The highest BCUT2D eigenvalue weighted by atomic mass is 16.2. The van der Waals surface area contributed by atoms with Gasteiger partial charge in [0.25, 0.3) is 0 Å². The number of imidazole rings is 1. The van der Waals surface area contributed by atoms with Crippen molar-refractivity contribution in [1.29, 1.82) is 0 Å². The second-order valence-corrected chi connectivity index (χ2v) is 7.95. The summed E-state index contributed by atoms with van der Waals surface area (Å²) in [6, 6.07) is 4.69. The van der Waals surface area contributed by atoms with Crippen LogP contribution in [0.1, 0.15) is 20.3 Å². The highest BCUT2D eigenvalue weighted by Gasteiger charge is 2.60. The quantitative estimate of drug-likeness (QED) is 0.653. The molecule has 1 saturated carbocycles. The molecule has 5 atom stereocenters. The van der Waals surface area contributed by atoms with Crippen LogP contribution in [0.3, 0.4) is 0 Å². The molecule has 5 rings (SSSR count). The van der Waals surface area contributed by atoms with Gasteiger partial charge in [-0.2, -0.15) is 0 Å². The molecule has 1 N–H and O–H groups in total. The zero-order valence-electron chi connectivity index (χ0n) is 15.8. The van der Waals surface area contributed by atoms with Gasteiger partial charge in [-0.25, -0.2) is 4.98 Å². The van der Waals surface area contributed by atoms with Crippen molar-refractivity contribution in [3.05, 3.63) is 36.7 Å². The Labute approximate surface area is 162 Å². The predicted molar refractivity (Wildman–Crippen MR) is 103 cm³/mol. The van der Waals surface area contributed by atoms with Gasteiger partial charge in [0.15, 0.2) is 0 Å². The fourth-order valence-electron chi connectivity index (χ4n) is 5.06. The Hall–Kier alpha value is -2.96. The van der Waals surface area contributed by atoms with E-state index in [0.29, 0.717) is 5.69 Å². The molecule has 144 valence electrons. The van der Waals surface area contributed by atoms with Crippen LogP contribution in [0.4, 0.5) is 5.69 Å². The van der Waals surface area contributed by atoms with E-state index in [9.17, 15) is 14.4 Å². The molecule has 28 heavy (non-hydrogen) atoms. The number of fused-ring (bicyclic) bond motifs is 6. The number of benzene rings is 1. The fourth-order valence-corrected chi connectivity index (χ4v) is 5.06. The van der Waals surface area contributed by atoms with E-state index in [0.717, 1.165) is 24.0 Å². The van der Waals surface area contributed by atoms with Crippen molar-refractivity contribution in [2.45, 2.75) is 32.9 Å². The van der Waals surface area contributed by atoms with Gasteiger partial charge >= 0.3 is 0 Å². The minimum absolute atomic E-state index is 0.141. The third-order valence-electron chi connectivity index (χ3n) is 6.50. The molecule has 7 nitrogen and oxygen atoms in total. The molecule has 2 fully saturated rings. The maximum Gasteiger partial charge on any atom is 0.247 e. The average Bonchev–Trinajstić information content (AvgIpc) is 3.44. The molecule has 0 spiro atoms. The second-order valence-electron chi connectivity index (χ2n) is 7.95. The Balaban J connectivity index is 1.34.